The summed E-state index contributed by atoms with van der Waals surface area (Å²) in [5, 5.41) is 0. The van der Waals surface area contributed by atoms with Crippen LogP contribution in [0.5, 0.6) is 0 Å². The van der Waals surface area contributed by atoms with E-state index in [0.717, 1.165) is 11.8 Å². The Bertz CT molecular complexity index is 522. The fraction of sp³-hybridized carbons (Fsp3) is 0.588. The lowest BCUT2D eigenvalue weighted by atomic mass is 9.53. The quantitative estimate of drug-likeness (QED) is 0.866. The zero-order valence-electron chi connectivity index (χ0n) is 11.9. The average Bonchev–Trinajstić information content (AvgIpc) is 2.39. The predicted molar refractivity (Wildman–Crippen MR) is 77.1 cm³/mol. The van der Waals surface area contributed by atoms with E-state index in [-0.39, 0.29) is 11.3 Å². The molecule has 1 amide bonds. The standard InChI is InChI=1S/C17H23NO/c1-3-17-8-4-5-12(11(17)2)9-13-6-7-14(16(18)19)10-15(13)17/h6-7,10-12H,3-5,8-9H2,1-2H3,(H2,18,19)/t11-,12+,17-/m0/s1. The van der Waals surface area contributed by atoms with E-state index >= 15 is 0 Å². The van der Waals surface area contributed by atoms with Crippen molar-refractivity contribution < 1.29 is 4.79 Å². The van der Waals surface area contributed by atoms with Gasteiger partial charge in [0.15, 0.2) is 0 Å². The van der Waals surface area contributed by atoms with Crippen LogP contribution in [-0.2, 0) is 11.8 Å². The maximum absolute atomic E-state index is 11.5. The van der Waals surface area contributed by atoms with Gasteiger partial charge in [-0.3, -0.25) is 4.79 Å². The number of hydrogen-bond acceptors (Lipinski definition) is 1. The summed E-state index contributed by atoms with van der Waals surface area (Å²) in [7, 11) is 0. The van der Waals surface area contributed by atoms with E-state index in [2.05, 4.69) is 26.0 Å². The van der Waals surface area contributed by atoms with Gasteiger partial charge in [-0.2, -0.15) is 0 Å². The van der Waals surface area contributed by atoms with Crippen LogP contribution in [0.15, 0.2) is 18.2 Å². The Morgan fingerprint density at radius 3 is 2.95 bits per heavy atom. The third-order valence-corrected chi connectivity index (χ3v) is 5.82. The van der Waals surface area contributed by atoms with Gasteiger partial charge >= 0.3 is 0 Å². The number of carbonyl (C=O) groups excluding carboxylic acids is 1. The Morgan fingerprint density at radius 2 is 2.26 bits per heavy atom. The molecule has 2 heteroatoms. The molecule has 0 radical (unpaired) electrons. The number of hydrogen-bond donors (Lipinski definition) is 1. The molecule has 1 aromatic carbocycles. The van der Waals surface area contributed by atoms with Crippen LogP contribution in [-0.4, -0.2) is 5.91 Å². The van der Waals surface area contributed by atoms with Crippen LogP contribution < -0.4 is 5.73 Å². The Morgan fingerprint density at radius 1 is 1.47 bits per heavy atom. The Hall–Kier alpha value is -1.31. The monoisotopic (exact) mass is 257 g/mol. The first-order chi connectivity index (χ1) is 9.08. The molecule has 0 spiro atoms. The van der Waals surface area contributed by atoms with Gasteiger partial charge in [0.2, 0.25) is 5.91 Å². The largest absolute Gasteiger partial charge is 0.366 e. The van der Waals surface area contributed by atoms with Crippen molar-refractivity contribution in [3.05, 3.63) is 34.9 Å². The highest BCUT2D eigenvalue weighted by Gasteiger charge is 2.47. The lowest BCUT2D eigenvalue weighted by molar-refractivity contribution is 0.0991. The molecule has 3 atom stereocenters. The zero-order chi connectivity index (χ0) is 13.6. The molecule has 0 unspecified atom stereocenters. The second kappa shape index (κ2) is 4.36. The fourth-order valence-corrected chi connectivity index (χ4v) is 4.61. The highest BCUT2D eigenvalue weighted by atomic mass is 16.1. The summed E-state index contributed by atoms with van der Waals surface area (Å²) in [4.78, 5) is 11.5. The zero-order valence-corrected chi connectivity index (χ0v) is 11.9. The van der Waals surface area contributed by atoms with Gasteiger partial charge in [-0.1, -0.05) is 26.3 Å². The summed E-state index contributed by atoms with van der Waals surface area (Å²) in [5.74, 6) is 1.24. The number of carbonyl (C=O) groups is 1. The highest BCUT2D eigenvalue weighted by Crippen LogP contribution is 2.54. The molecule has 0 heterocycles. The lowest BCUT2D eigenvalue weighted by Gasteiger charge is -2.52. The van der Waals surface area contributed by atoms with Crippen molar-refractivity contribution in [2.24, 2.45) is 17.6 Å². The van der Waals surface area contributed by atoms with Crippen LogP contribution in [0, 0.1) is 11.8 Å². The number of fused-ring (bicyclic) bond motifs is 4. The van der Waals surface area contributed by atoms with Gasteiger partial charge < -0.3 is 5.73 Å². The van der Waals surface area contributed by atoms with E-state index in [1.54, 1.807) is 0 Å². The third-order valence-electron chi connectivity index (χ3n) is 5.82. The Labute approximate surface area is 115 Å². The van der Waals surface area contributed by atoms with Crippen LogP contribution in [0.4, 0.5) is 0 Å². The van der Waals surface area contributed by atoms with Gasteiger partial charge in [-0.25, -0.2) is 0 Å². The van der Waals surface area contributed by atoms with Crippen molar-refractivity contribution >= 4 is 5.91 Å². The molecule has 0 saturated heterocycles. The summed E-state index contributed by atoms with van der Waals surface area (Å²) in [6.45, 7) is 4.71. The van der Waals surface area contributed by atoms with Crippen molar-refractivity contribution in [1.29, 1.82) is 0 Å². The first kappa shape index (κ1) is 12.7. The van der Waals surface area contributed by atoms with E-state index in [4.69, 9.17) is 5.73 Å². The minimum Gasteiger partial charge on any atom is -0.366 e. The normalized spacial score (nSPS) is 32.7. The summed E-state index contributed by atoms with van der Waals surface area (Å²) >= 11 is 0. The van der Waals surface area contributed by atoms with E-state index < -0.39 is 0 Å². The fourth-order valence-electron chi connectivity index (χ4n) is 4.61. The van der Waals surface area contributed by atoms with Gasteiger partial charge in [0.05, 0.1) is 0 Å². The molecular weight excluding hydrogens is 234 g/mol. The summed E-state index contributed by atoms with van der Waals surface area (Å²) in [6, 6.07) is 6.12. The minimum atomic E-state index is -0.306. The molecule has 1 aromatic rings. The van der Waals surface area contributed by atoms with E-state index in [1.807, 2.05) is 6.07 Å². The van der Waals surface area contributed by atoms with Crippen LogP contribution in [0.2, 0.25) is 0 Å². The summed E-state index contributed by atoms with van der Waals surface area (Å²) in [6.07, 6.45) is 6.29. The maximum Gasteiger partial charge on any atom is 0.248 e. The molecule has 19 heavy (non-hydrogen) atoms. The maximum atomic E-state index is 11.5. The van der Waals surface area contributed by atoms with Crippen LogP contribution >= 0.6 is 0 Å². The van der Waals surface area contributed by atoms with Crippen molar-refractivity contribution in [2.75, 3.05) is 0 Å². The molecule has 0 aliphatic heterocycles. The third kappa shape index (κ3) is 1.73. The van der Waals surface area contributed by atoms with Gasteiger partial charge in [0.25, 0.3) is 0 Å². The van der Waals surface area contributed by atoms with Crippen molar-refractivity contribution in [1.82, 2.24) is 0 Å². The molecular formula is C17H23NO. The number of nitrogens with two attached hydrogens (primary N) is 1. The van der Waals surface area contributed by atoms with E-state index in [1.165, 1.54) is 43.2 Å². The second-order valence-electron chi connectivity index (χ2n) is 6.39. The average molecular weight is 257 g/mol. The molecule has 102 valence electrons. The van der Waals surface area contributed by atoms with Crippen molar-refractivity contribution in [3.8, 4) is 0 Å². The first-order valence-corrected chi connectivity index (χ1v) is 7.51. The molecule has 3 rings (SSSR count). The minimum absolute atomic E-state index is 0.280. The van der Waals surface area contributed by atoms with E-state index in [0.29, 0.717) is 5.56 Å². The second-order valence-corrected chi connectivity index (χ2v) is 6.39. The van der Waals surface area contributed by atoms with Gasteiger partial charge in [0.1, 0.15) is 0 Å². The molecule has 2 N–H and O–H groups in total. The van der Waals surface area contributed by atoms with Gasteiger partial charge in [0, 0.05) is 5.56 Å². The van der Waals surface area contributed by atoms with Crippen LogP contribution in [0.25, 0.3) is 0 Å². The smallest absolute Gasteiger partial charge is 0.248 e. The van der Waals surface area contributed by atoms with Gasteiger partial charge in [-0.15, -0.1) is 0 Å². The molecule has 0 aromatic heterocycles. The van der Waals surface area contributed by atoms with Crippen LogP contribution in [0.3, 0.4) is 0 Å². The molecule has 1 fully saturated rings. The Balaban J connectivity index is 2.18. The molecule has 2 nitrogen and oxygen atoms in total. The van der Waals surface area contributed by atoms with Crippen molar-refractivity contribution in [3.63, 3.8) is 0 Å². The van der Waals surface area contributed by atoms with E-state index in [9.17, 15) is 4.79 Å². The summed E-state index contributed by atoms with van der Waals surface area (Å²) < 4.78 is 0. The molecule has 2 aliphatic rings. The Kier molecular flexibility index (Phi) is 2.92. The summed E-state index contributed by atoms with van der Waals surface area (Å²) in [5.41, 5.74) is 9.27. The lowest BCUT2D eigenvalue weighted by Crippen LogP contribution is -2.46. The first-order valence-electron chi connectivity index (χ1n) is 7.51. The highest BCUT2D eigenvalue weighted by molar-refractivity contribution is 5.93. The molecule has 2 bridgehead atoms. The number of rotatable bonds is 2. The number of benzene rings is 1. The SMILES string of the molecule is CC[C@@]12CCC[C@H](Cc3ccc(C(N)=O)cc31)[C@@H]2C. The molecule has 2 aliphatic carbocycles. The molecule has 1 saturated carbocycles. The van der Waals surface area contributed by atoms with Crippen molar-refractivity contribution in [2.45, 2.75) is 51.4 Å². The number of amides is 1. The number of primary amides is 1. The van der Waals surface area contributed by atoms with Gasteiger partial charge in [-0.05, 0) is 66.2 Å². The topological polar surface area (TPSA) is 43.1 Å². The predicted octanol–water partition coefficient (Wildman–Crippen LogP) is 3.43. The van der Waals surface area contributed by atoms with Crippen LogP contribution in [0.1, 0.15) is 61.0 Å².